The minimum Gasteiger partial charge on any atom is -1.00 e. The molecule has 0 radical (unpaired) electrons. The Hall–Kier alpha value is 0.610. The van der Waals surface area contributed by atoms with E-state index >= 15 is 0 Å². The number of hydrogen-bond donors (Lipinski definition) is 1. The van der Waals surface area contributed by atoms with Gasteiger partial charge in [-0.25, -0.2) is 0 Å². The molecule has 62 valence electrons. The van der Waals surface area contributed by atoms with Gasteiger partial charge >= 0.3 is 0 Å². The van der Waals surface area contributed by atoms with Crippen molar-refractivity contribution in [1.29, 1.82) is 0 Å². The molecular formula is C6H14INO2. The van der Waals surface area contributed by atoms with Crippen molar-refractivity contribution in [2.45, 2.75) is 12.5 Å². The van der Waals surface area contributed by atoms with Crippen LogP contribution in [0.15, 0.2) is 0 Å². The lowest BCUT2D eigenvalue weighted by molar-refractivity contribution is -0.369. The van der Waals surface area contributed by atoms with Crippen molar-refractivity contribution in [2.75, 3.05) is 26.4 Å². The Labute approximate surface area is 78.3 Å². The quantitative estimate of drug-likeness (QED) is 0.311. The lowest BCUT2D eigenvalue weighted by Crippen LogP contribution is -3.00. The van der Waals surface area contributed by atoms with Crippen LogP contribution in [-0.4, -0.2) is 32.5 Å². The maximum atomic E-state index is 5.23. The van der Waals surface area contributed by atoms with Gasteiger partial charge in [-0.2, -0.15) is 0 Å². The number of epoxide rings is 1. The van der Waals surface area contributed by atoms with Gasteiger partial charge in [-0.15, -0.1) is 0 Å². The van der Waals surface area contributed by atoms with Gasteiger partial charge in [0, 0.05) is 6.42 Å². The molecular weight excluding hydrogens is 245 g/mol. The molecule has 1 unspecified atom stereocenters. The van der Waals surface area contributed by atoms with E-state index in [1.54, 1.807) is 0 Å². The Balaban J connectivity index is 0.000000810. The van der Waals surface area contributed by atoms with E-state index in [4.69, 9.17) is 9.47 Å². The van der Waals surface area contributed by atoms with Crippen LogP contribution >= 0.6 is 0 Å². The highest BCUT2D eigenvalue weighted by atomic mass is 127. The molecule has 1 aliphatic heterocycles. The van der Waals surface area contributed by atoms with E-state index < -0.39 is 0 Å². The summed E-state index contributed by atoms with van der Waals surface area (Å²) in [4.78, 5) is 0. The average molecular weight is 259 g/mol. The second-order valence-electron chi connectivity index (χ2n) is 2.24. The molecule has 10 heavy (non-hydrogen) atoms. The molecule has 3 nitrogen and oxygen atoms in total. The number of ether oxygens (including phenoxy) is 2. The van der Waals surface area contributed by atoms with Crippen molar-refractivity contribution >= 4 is 0 Å². The zero-order valence-corrected chi connectivity index (χ0v) is 8.17. The Morgan fingerprint density at radius 1 is 1.60 bits per heavy atom. The van der Waals surface area contributed by atoms with E-state index in [0.717, 1.165) is 32.8 Å². The highest BCUT2D eigenvalue weighted by Gasteiger charge is 2.21. The van der Waals surface area contributed by atoms with Crippen molar-refractivity contribution in [1.82, 2.24) is 0 Å². The number of halogens is 1. The molecule has 1 aliphatic rings. The van der Waals surface area contributed by atoms with Crippen LogP contribution < -0.4 is 29.7 Å². The molecule has 3 N–H and O–H groups in total. The van der Waals surface area contributed by atoms with Crippen LogP contribution in [0.2, 0.25) is 0 Å². The molecule has 0 aromatic rings. The summed E-state index contributed by atoms with van der Waals surface area (Å²) in [6.07, 6.45) is 1.47. The topological polar surface area (TPSA) is 49.4 Å². The van der Waals surface area contributed by atoms with E-state index in [1.165, 1.54) is 0 Å². The van der Waals surface area contributed by atoms with Crippen LogP contribution in [0, 0.1) is 0 Å². The van der Waals surface area contributed by atoms with Crippen molar-refractivity contribution < 1.29 is 39.2 Å². The smallest absolute Gasteiger partial charge is 0.104 e. The third kappa shape index (κ3) is 5.40. The maximum Gasteiger partial charge on any atom is 0.104 e. The molecule has 0 spiro atoms. The first-order valence-corrected chi connectivity index (χ1v) is 3.42. The van der Waals surface area contributed by atoms with E-state index in [-0.39, 0.29) is 24.0 Å². The lowest BCUT2D eigenvalue weighted by Gasteiger charge is -1.96. The van der Waals surface area contributed by atoms with Crippen LogP contribution in [0.25, 0.3) is 0 Å². The first-order chi connectivity index (χ1) is 4.43. The molecule has 0 aliphatic carbocycles. The second kappa shape index (κ2) is 6.33. The third-order valence-electron chi connectivity index (χ3n) is 1.24. The predicted octanol–water partition coefficient (Wildman–Crippen LogP) is -3.96. The van der Waals surface area contributed by atoms with Gasteiger partial charge in [0.05, 0.1) is 26.4 Å². The summed E-state index contributed by atoms with van der Waals surface area (Å²) in [6, 6.07) is 0. The predicted molar refractivity (Wildman–Crippen MR) is 32.9 cm³/mol. The first kappa shape index (κ1) is 10.6. The highest BCUT2D eigenvalue weighted by molar-refractivity contribution is 4.66. The SMILES string of the molecule is [I-].[NH3+]CCCOCC1CO1. The molecule has 1 atom stereocenters. The Morgan fingerprint density at radius 3 is 2.80 bits per heavy atom. The fourth-order valence-electron chi connectivity index (χ4n) is 0.583. The summed E-state index contributed by atoms with van der Waals surface area (Å²) in [6.45, 7) is 3.47. The lowest BCUT2D eigenvalue weighted by atomic mass is 10.4. The monoisotopic (exact) mass is 259 g/mol. The third-order valence-corrected chi connectivity index (χ3v) is 1.24. The maximum absolute atomic E-state index is 5.23. The fraction of sp³-hybridized carbons (Fsp3) is 1.00. The summed E-state index contributed by atoms with van der Waals surface area (Å²) >= 11 is 0. The van der Waals surface area contributed by atoms with Crippen LogP contribution in [0.1, 0.15) is 6.42 Å². The summed E-state index contributed by atoms with van der Waals surface area (Å²) < 4.78 is 10.2. The molecule has 0 saturated carbocycles. The van der Waals surface area contributed by atoms with Gasteiger partial charge in [-0.05, 0) is 0 Å². The van der Waals surface area contributed by atoms with Crippen molar-refractivity contribution in [3.05, 3.63) is 0 Å². The zero-order valence-electron chi connectivity index (χ0n) is 6.01. The van der Waals surface area contributed by atoms with Gasteiger partial charge in [0.15, 0.2) is 0 Å². The van der Waals surface area contributed by atoms with Crippen LogP contribution in [0.4, 0.5) is 0 Å². The van der Waals surface area contributed by atoms with Crippen molar-refractivity contribution in [3.63, 3.8) is 0 Å². The molecule has 4 heteroatoms. The van der Waals surface area contributed by atoms with Gasteiger partial charge in [0.1, 0.15) is 6.10 Å². The van der Waals surface area contributed by atoms with Crippen molar-refractivity contribution in [3.8, 4) is 0 Å². The molecule has 0 amide bonds. The summed E-state index contributed by atoms with van der Waals surface area (Å²) in [5.74, 6) is 0. The Bertz CT molecular complexity index is 78.1. The first-order valence-electron chi connectivity index (χ1n) is 3.42. The normalized spacial score (nSPS) is 21.9. The minimum absolute atomic E-state index is 0. The highest BCUT2D eigenvalue weighted by Crippen LogP contribution is 2.08. The molecule has 1 rings (SSSR count). The van der Waals surface area contributed by atoms with Crippen LogP contribution in [-0.2, 0) is 9.47 Å². The largest absolute Gasteiger partial charge is 1.00 e. The summed E-state index contributed by atoms with van der Waals surface area (Å²) in [7, 11) is 0. The Kier molecular flexibility index (Phi) is 6.71. The molecule has 0 aromatic heterocycles. The Morgan fingerprint density at radius 2 is 2.30 bits per heavy atom. The second-order valence-corrected chi connectivity index (χ2v) is 2.24. The standard InChI is InChI=1S/C6H13NO2.HI/c7-2-1-3-8-4-6-5-9-6;/h6H,1-5,7H2;1H. The van der Waals surface area contributed by atoms with Crippen LogP contribution in [0.3, 0.4) is 0 Å². The van der Waals surface area contributed by atoms with Gasteiger partial charge in [-0.1, -0.05) is 0 Å². The van der Waals surface area contributed by atoms with Gasteiger partial charge < -0.3 is 39.2 Å². The molecule has 1 fully saturated rings. The molecule has 0 bridgehead atoms. The van der Waals surface area contributed by atoms with Crippen molar-refractivity contribution in [2.24, 2.45) is 0 Å². The minimum atomic E-state index is 0. The van der Waals surface area contributed by atoms with Crippen LogP contribution in [0.5, 0.6) is 0 Å². The summed E-state index contributed by atoms with van der Waals surface area (Å²) in [5.41, 5.74) is 3.71. The van der Waals surface area contributed by atoms with Gasteiger partial charge in [0.25, 0.3) is 0 Å². The number of rotatable bonds is 5. The molecule has 1 saturated heterocycles. The fourth-order valence-corrected chi connectivity index (χ4v) is 0.583. The summed E-state index contributed by atoms with van der Waals surface area (Å²) in [5, 5.41) is 0. The van der Waals surface area contributed by atoms with E-state index in [0.29, 0.717) is 6.10 Å². The molecule has 0 aromatic carbocycles. The van der Waals surface area contributed by atoms with E-state index in [1.807, 2.05) is 0 Å². The molecule has 1 heterocycles. The average Bonchev–Trinajstić information content (AvgIpc) is 2.63. The number of hydrogen-bond acceptors (Lipinski definition) is 2. The van der Waals surface area contributed by atoms with E-state index in [9.17, 15) is 0 Å². The van der Waals surface area contributed by atoms with E-state index in [2.05, 4.69) is 5.73 Å². The van der Waals surface area contributed by atoms with Gasteiger partial charge in [0.2, 0.25) is 0 Å². The van der Waals surface area contributed by atoms with Gasteiger partial charge in [-0.3, -0.25) is 0 Å². The number of quaternary nitrogens is 1. The zero-order chi connectivity index (χ0) is 6.53.